The maximum atomic E-state index is 13.4. The van der Waals surface area contributed by atoms with Crippen molar-refractivity contribution in [3.8, 4) is 0 Å². The third-order valence-corrected chi connectivity index (χ3v) is 3.76. The third kappa shape index (κ3) is 3.62. The summed E-state index contributed by atoms with van der Waals surface area (Å²) in [5.74, 6) is -0.684. The van der Waals surface area contributed by atoms with E-state index in [2.05, 4.69) is 5.32 Å². The van der Waals surface area contributed by atoms with E-state index in [1.165, 1.54) is 12.1 Å². The van der Waals surface area contributed by atoms with E-state index in [0.29, 0.717) is 15.7 Å². The molecule has 0 radical (unpaired) electrons. The van der Waals surface area contributed by atoms with Crippen LogP contribution in [0.4, 0.5) is 15.8 Å². The number of hydrogen-bond donors (Lipinski definition) is 1. The molecule has 0 aliphatic heterocycles. The van der Waals surface area contributed by atoms with Gasteiger partial charge in [-0.15, -0.1) is 0 Å². The first-order valence-corrected chi connectivity index (χ1v) is 6.79. The molecule has 0 amide bonds. The highest BCUT2D eigenvalue weighted by molar-refractivity contribution is 6.42. The van der Waals surface area contributed by atoms with Crippen LogP contribution in [0.15, 0.2) is 36.4 Å². The number of non-ortho nitro benzene ring substituents is 1. The van der Waals surface area contributed by atoms with Crippen LogP contribution in [0.5, 0.6) is 0 Å². The lowest BCUT2D eigenvalue weighted by Gasteiger charge is -2.17. The van der Waals surface area contributed by atoms with Crippen molar-refractivity contribution in [3.05, 3.63) is 67.9 Å². The van der Waals surface area contributed by atoms with Crippen molar-refractivity contribution in [3.63, 3.8) is 0 Å². The maximum Gasteiger partial charge on any atom is 0.274 e. The molecule has 7 heteroatoms. The van der Waals surface area contributed by atoms with Gasteiger partial charge in [0.2, 0.25) is 0 Å². The molecule has 2 aromatic rings. The molecular formula is C14H11Cl2FN2O2. The first-order chi connectivity index (χ1) is 9.88. The molecule has 0 bridgehead atoms. The van der Waals surface area contributed by atoms with E-state index in [-0.39, 0.29) is 11.7 Å². The topological polar surface area (TPSA) is 55.2 Å². The summed E-state index contributed by atoms with van der Waals surface area (Å²) < 4.78 is 13.4. The maximum absolute atomic E-state index is 13.4. The molecular weight excluding hydrogens is 318 g/mol. The van der Waals surface area contributed by atoms with Gasteiger partial charge in [0.1, 0.15) is 5.82 Å². The predicted octanol–water partition coefficient (Wildman–Crippen LogP) is 5.21. The lowest BCUT2D eigenvalue weighted by atomic mass is 10.1. The number of nitrogens with zero attached hydrogens (tertiary/aromatic N) is 1. The minimum atomic E-state index is -0.684. The standard InChI is InChI=1S/C14H11Cl2FN2O2/c1-8(12-3-2-4-13(15)14(12)16)18-10-5-9(17)6-11(7-10)19(20)21/h2-8,18H,1H3. The molecule has 1 atom stereocenters. The molecule has 2 rings (SSSR count). The second-order valence-corrected chi connectivity index (χ2v) is 5.25. The van der Waals surface area contributed by atoms with Crippen molar-refractivity contribution < 1.29 is 9.31 Å². The molecule has 1 unspecified atom stereocenters. The summed E-state index contributed by atoms with van der Waals surface area (Å²) in [4.78, 5) is 10.1. The Morgan fingerprint density at radius 3 is 2.67 bits per heavy atom. The molecule has 0 aliphatic carbocycles. The summed E-state index contributed by atoms with van der Waals surface area (Å²) in [6.45, 7) is 1.80. The van der Waals surface area contributed by atoms with Gasteiger partial charge in [0, 0.05) is 11.8 Å². The summed E-state index contributed by atoms with van der Waals surface area (Å²) in [5, 5.41) is 14.5. The highest BCUT2D eigenvalue weighted by Crippen LogP contribution is 2.32. The molecule has 2 aromatic carbocycles. The fourth-order valence-electron chi connectivity index (χ4n) is 1.95. The fraction of sp³-hybridized carbons (Fsp3) is 0.143. The Labute approximate surface area is 130 Å². The molecule has 0 aliphatic rings. The average Bonchev–Trinajstić information content (AvgIpc) is 2.41. The Balaban J connectivity index is 2.29. The highest BCUT2D eigenvalue weighted by Gasteiger charge is 2.14. The predicted molar refractivity (Wildman–Crippen MR) is 81.6 cm³/mol. The van der Waals surface area contributed by atoms with Crippen LogP contribution < -0.4 is 5.32 Å². The molecule has 110 valence electrons. The van der Waals surface area contributed by atoms with Gasteiger partial charge in [-0.25, -0.2) is 4.39 Å². The number of hydrogen-bond acceptors (Lipinski definition) is 3. The van der Waals surface area contributed by atoms with Crippen molar-refractivity contribution in [2.75, 3.05) is 5.32 Å². The van der Waals surface area contributed by atoms with Gasteiger partial charge >= 0.3 is 0 Å². The lowest BCUT2D eigenvalue weighted by molar-refractivity contribution is -0.385. The largest absolute Gasteiger partial charge is 0.378 e. The monoisotopic (exact) mass is 328 g/mol. The zero-order chi connectivity index (χ0) is 15.6. The number of nitrogens with one attached hydrogen (secondary N) is 1. The molecule has 1 N–H and O–H groups in total. The Hall–Kier alpha value is -1.85. The lowest BCUT2D eigenvalue weighted by Crippen LogP contribution is -2.08. The van der Waals surface area contributed by atoms with E-state index in [4.69, 9.17) is 23.2 Å². The van der Waals surface area contributed by atoms with E-state index >= 15 is 0 Å². The second kappa shape index (κ2) is 6.28. The smallest absolute Gasteiger partial charge is 0.274 e. The van der Waals surface area contributed by atoms with Crippen molar-refractivity contribution in [1.82, 2.24) is 0 Å². The Kier molecular flexibility index (Phi) is 4.65. The SMILES string of the molecule is CC(Nc1cc(F)cc([N+](=O)[O-])c1)c1cccc(Cl)c1Cl. The van der Waals surface area contributed by atoms with Crippen LogP contribution in [-0.2, 0) is 0 Å². The number of rotatable bonds is 4. The van der Waals surface area contributed by atoms with Gasteiger partial charge in [0.25, 0.3) is 5.69 Å². The van der Waals surface area contributed by atoms with Crippen LogP contribution in [-0.4, -0.2) is 4.92 Å². The van der Waals surface area contributed by atoms with Crippen molar-refractivity contribution >= 4 is 34.6 Å². The van der Waals surface area contributed by atoms with Crippen LogP contribution in [0, 0.1) is 15.9 Å². The number of nitro groups is 1. The van der Waals surface area contributed by atoms with Gasteiger partial charge in [-0.2, -0.15) is 0 Å². The van der Waals surface area contributed by atoms with E-state index in [1.54, 1.807) is 25.1 Å². The molecule has 0 fully saturated rings. The Morgan fingerprint density at radius 2 is 2.00 bits per heavy atom. The quantitative estimate of drug-likeness (QED) is 0.618. The van der Waals surface area contributed by atoms with E-state index < -0.39 is 10.7 Å². The van der Waals surface area contributed by atoms with Crippen molar-refractivity contribution in [2.24, 2.45) is 0 Å². The normalized spacial score (nSPS) is 12.0. The average molecular weight is 329 g/mol. The zero-order valence-corrected chi connectivity index (χ0v) is 12.5. The molecule has 0 aromatic heterocycles. The van der Waals surface area contributed by atoms with Gasteiger partial charge < -0.3 is 5.32 Å². The number of nitro benzene ring substituents is 1. The van der Waals surface area contributed by atoms with Crippen LogP contribution in [0.3, 0.4) is 0 Å². The summed E-state index contributed by atoms with van der Waals surface area (Å²) >= 11 is 12.1. The second-order valence-electron chi connectivity index (χ2n) is 4.46. The molecule has 0 spiro atoms. The Bertz CT molecular complexity index is 695. The van der Waals surface area contributed by atoms with Crippen molar-refractivity contribution in [1.29, 1.82) is 0 Å². The zero-order valence-electron chi connectivity index (χ0n) is 10.9. The van der Waals surface area contributed by atoms with Crippen LogP contribution in [0.1, 0.15) is 18.5 Å². The van der Waals surface area contributed by atoms with E-state index in [0.717, 1.165) is 11.6 Å². The van der Waals surface area contributed by atoms with Crippen LogP contribution >= 0.6 is 23.2 Å². The number of anilines is 1. The van der Waals surface area contributed by atoms with Gasteiger partial charge in [-0.1, -0.05) is 35.3 Å². The first kappa shape index (κ1) is 15.5. The van der Waals surface area contributed by atoms with Crippen LogP contribution in [0.25, 0.3) is 0 Å². The Morgan fingerprint density at radius 1 is 1.29 bits per heavy atom. The van der Waals surface area contributed by atoms with Gasteiger partial charge in [0.05, 0.1) is 27.1 Å². The summed E-state index contributed by atoms with van der Waals surface area (Å²) in [7, 11) is 0. The molecule has 21 heavy (non-hydrogen) atoms. The van der Waals surface area contributed by atoms with Crippen molar-refractivity contribution in [2.45, 2.75) is 13.0 Å². The first-order valence-electron chi connectivity index (χ1n) is 6.04. The highest BCUT2D eigenvalue weighted by atomic mass is 35.5. The van der Waals surface area contributed by atoms with E-state index in [9.17, 15) is 14.5 Å². The van der Waals surface area contributed by atoms with Gasteiger partial charge in [0.15, 0.2) is 0 Å². The summed E-state index contributed by atoms with van der Waals surface area (Å²) in [5.41, 5.74) is 0.697. The minimum Gasteiger partial charge on any atom is -0.378 e. The fourth-order valence-corrected chi connectivity index (χ4v) is 2.42. The number of benzene rings is 2. The molecule has 4 nitrogen and oxygen atoms in total. The molecule has 0 saturated heterocycles. The molecule has 0 saturated carbocycles. The van der Waals surface area contributed by atoms with Gasteiger partial charge in [-0.3, -0.25) is 10.1 Å². The summed E-state index contributed by atoms with van der Waals surface area (Å²) in [6.07, 6.45) is 0. The van der Waals surface area contributed by atoms with Crippen LogP contribution in [0.2, 0.25) is 10.0 Å². The minimum absolute atomic E-state index is 0.294. The summed E-state index contributed by atoms with van der Waals surface area (Å²) in [6, 6.07) is 8.20. The molecule has 0 heterocycles. The third-order valence-electron chi connectivity index (χ3n) is 2.92. The van der Waals surface area contributed by atoms with E-state index in [1.807, 2.05) is 0 Å². The van der Waals surface area contributed by atoms with Gasteiger partial charge in [-0.05, 0) is 24.6 Å². The number of halogens is 3.